The Balaban J connectivity index is 1.58. The number of nitrogens with zero attached hydrogens (tertiary/aromatic N) is 4. The van der Waals surface area contributed by atoms with Gasteiger partial charge in [-0.15, -0.1) is 0 Å². The number of anilines is 2. The molecule has 1 aromatic carbocycles. The first-order chi connectivity index (χ1) is 12.6. The summed E-state index contributed by atoms with van der Waals surface area (Å²) in [6.45, 7) is 9.35. The number of benzene rings is 1. The third-order valence-corrected chi connectivity index (χ3v) is 4.81. The minimum atomic E-state index is -0.0449. The van der Waals surface area contributed by atoms with Gasteiger partial charge in [-0.1, -0.05) is 19.1 Å². The van der Waals surface area contributed by atoms with E-state index in [-0.39, 0.29) is 5.91 Å². The summed E-state index contributed by atoms with van der Waals surface area (Å²) in [7, 11) is 0. The summed E-state index contributed by atoms with van der Waals surface area (Å²) >= 11 is 0. The number of hydrogen-bond donors (Lipinski definition) is 1. The van der Waals surface area contributed by atoms with Gasteiger partial charge in [0.05, 0.1) is 12.4 Å². The van der Waals surface area contributed by atoms with Crippen LogP contribution in [-0.2, 0) is 0 Å². The molecule has 1 saturated heterocycles. The van der Waals surface area contributed by atoms with Gasteiger partial charge < -0.3 is 15.1 Å². The quantitative estimate of drug-likeness (QED) is 0.895. The van der Waals surface area contributed by atoms with Gasteiger partial charge >= 0.3 is 0 Å². The van der Waals surface area contributed by atoms with Crippen molar-refractivity contribution in [1.29, 1.82) is 0 Å². The predicted molar refractivity (Wildman–Crippen MR) is 105 cm³/mol. The summed E-state index contributed by atoms with van der Waals surface area (Å²) in [6, 6.07) is 8.82. The monoisotopic (exact) mass is 353 g/mol. The summed E-state index contributed by atoms with van der Waals surface area (Å²) in [5, 5.41) is 3.26. The van der Waals surface area contributed by atoms with Crippen LogP contribution in [0.5, 0.6) is 0 Å². The van der Waals surface area contributed by atoms with Gasteiger partial charge in [-0.3, -0.25) is 4.79 Å². The van der Waals surface area contributed by atoms with Crippen LogP contribution >= 0.6 is 0 Å². The molecular weight excluding hydrogens is 326 g/mol. The highest BCUT2D eigenvalue weighted by Gasteiger charge is 2.23. The maximum Gasteiger partial charge on any atom is 0.274 e. The van der Waals surface area contributed by atoms with E-state index in [1.165, 1.54) is 11.3 Å². The molecule has 3 rings (SSSR count). The molecule has 1 aromatic heterocycles. The van der Waals surface area contributed by atoms with E-state index in [1.54, 1.807) is 12.4 Å². The van der Waals surface area contributed by atoms with Gasteiger partial charge in [0.1, 0.15) is 11.5 Å². The minimum absolute atomic E-state index is 0.0449. The molecule has 0 bridgehead atoms. The maximum absolute atomic E-state index is 12.7. The molecule has 0 aliphatic carbocycles. The van der Waals surface area contributed by atoms with Crippen LogP contribution in [0.1, 0.15) is 36.3 Å². The predicted octanol–water partition coefficient (Wildman–Crippen LogP) is 2.96. The first-order valence-electron chi connectivity index (χ1n) is 9.26. The van der Waals surface area contributed by atoms with E-state index in [1.807, 2.05) is 4.90 Å². The van der Waals surface area contributed by atoms with Crippen molar-refractivity contribution in [2.45, 2.75) is 33.2 Å². The Morgan fingerprint density at radius 3 is 2.58 bits per heavy atom. The Bertz CT molecular complexity index is 738. The Morgan fingerprint density at radius 2 is 1.96 bits per heavy atom. The van der Waals surface area contributed by atoms with Gasteiger partial charge in [0, 0.05) is 37.9 Å². The second-order valence-electron chi connectivity index (χ2n) is 6.86. The molecule has 6 heteroatoms. The topological polar surface area (TPSA) is 61.4 Å². The lowest BCUT2D eigenvalue weighted by Crippen LogP contribution is -2.49. The van der Waals surface area contributed by atoms with Gasteiger partial charge in [-0.05, 0) is 38.0 Å². The lowest BCUT2D eigenvalue weighted by Gasteiger charge is -2.36. The summed E-state index contributed by atoms with van der Waals surface area (Å²) in [5.74, 6) is 0.664. The minimum Gasteiger partial charge on any atom is -0.368 e. The molecule has 1 fully saturated rings. The number of hydrogen-bond acceptors (Lipinski definition) is 5. The standard InChI is InChI=1S/C20H27N5O/c1-4-16(3)23-19-14-21-18(13-22-19)20(26)25-10-8-24(9-11-25)17-7-5-6-15(2)12-17/h5-7,12-14,16H,4,8-11H2,1-3H3,(H,22,23). The Hall–Kier alpha value is -2.63. The highest BCUT2D eigenvalue weighted by Crippen LogP contribution is 2.18. The summed E-state index contributed by atoms with van der Waals surface area (Å²) in [5.41, 5.74) is 2.88. The number of carbonyl (C=O) groups is 1. The molecule has 1 unspecified atom stereocenters. The average molecular weight is 353 g/mol. The number of piperazine rings is 1. The first kappa shape index (κ1) is 18.2. The molecular formula is C20H27N5O. The number of nitrogens with one attached hydrogen (secondary N) is 1. The largest absolute Gasteiger partial charge is 0.368 e. The van der Waals surface area contributed by atoms with Crippen LogP contribution in [0.4, 0.5) is 11.5 Å². The molecule has 0 spiro atoms. The van der Waals surface area contributed by atoms with Crippen LogP contribution in [0, 0.1) is 6.92 Å². The molecule has 1 N–H and O–H groups in total. The molecule has 2 aromatic rings. The van der Waals surface area contributed by atoms with Gasteiger partial charge in [0.2, 0.25) is 0 Å². The fourth-order valence-corrected chi connectivity index (χ4v) is 3.02. The van der Waals surface area contributed by atoms with E-state index in [0.29, 0.717) is 30.6 Å². The first-order valence-corrected chi connectivity index (χ1v) is 9.26. The summed E-state index contributed by atoms with van der Waals surface area (Å²) in [4.78, 5) is 25.5. The van der Waals surface area contributed by atoms with Crippen molar-refractivity contribution in [1.82, 2.24) is 14.9 Å². The van der Waals surface area contributed by atoms with Crippen molar-refractivity contribution in [3.05, 3.63) is 47.9 Å². The van der Waals surface area contributed by atoms with Gasteiger partial charge in [-0.25, -0.2) is 9.97 Å². The van der Waals surface area contributed by atoms with Crippen molar-refractivity contribution < 1.29 is 4.79 Å². The lowest BCUT2D eigenvalue weighted by molar-refractivity contribution is 0.0740. The van der Waals surface area contributed by atoms with Gasteiger partial charge in [-0.2, -0.15) is 0 Å². The van der Waals surface area contributed by atoms with E-state index >= 15 is 0 Å². The molecule has 0 saturated carbocycles. The van der Waals surface area contributed by atoms with E-state index in [9.17, 15) is 4.79 Å². The van der Waals surface area contributed by atoms with E-state index < -0.39 is 0 Å². The Morgan fingerprint density at radius 1 is 1.19 bits per heavy atom. The molecule has 1 amide bonds. The van der Waals surface area contributed by atoms with Crippen molar-refractivity contribution in [3.8, 4) is 0 Å². The molecule has 2 heterocycles. The van der Waals surface area contributed by atoms with E-state index in [4.69, 9.17) is 0 Å². The molecule has 0 radical (unpaired) electrons. The van der Waals surface area contributed by atoms with Crippen LogP contribution < -0.4 is 10.2 Å². The molecule has 138 valence electrons. The number of carbonyl (C=O) groups excluding carboxylic acids is 1. The smallest absolute Gasteiger partial charge is 0.274 e. The van der Waals surface area contributed by atoms with Crippen LogP contribution in [0.15, 0.2) is 36.7 Å². The number of aryl methyl sites for hydroxylation is 1. The van der Waals surface area contributed by atoms with Crippen molar-refractivity contribution >= 4 is 17.4 Å². The average Bonchev–Trinajstić information content (AvgIpc) is 2.68. The van der Waals surface area contributed by atoms with Crippen LogP contribution in [-0.4, -0.2) is 53.0 Å². The second kappa shape index (κ2) is 8.17. The fourth-order valence-electron chi connectivity index (χ4n) is 3.02. The molecule has 1 atom stereocenters. The maximum atomic E-state index is 12.7. The Labute approximate surface area is 155 Å². The number of rotatable bonds is 5. The van der Waals surface area contributed by atoms with Gasteiger partial charge in [0.25, 0.3) is 5.91 Å². The Kier molecular flexibility index (Phi) is 5.71. The van der Waals surface area contributed by atoms with Crippen molar-refractivity contribution in [3.63, 3.8) is 0 Å². The molecule has 26 heavy (non-hydrogen) atoms. The number of aromatic nitrogens is 2. The van der Waals surface area contributed by atoms with E-state index in [0.717, 1.165) is 19.5 Å². The molecule has 6 nitrogen and oxygen atoms in total. The van der Waals surface area contributed by atoms with Crippen LogP contribution in [0.25, 0.3) is 0 Å². The third kappa shape index (κ3) is 4.31. The zero-order chi connectivity index (χ0) is 18.5. The second-order valence-corrected chi connectivity index (χ2v) is 6.86. The summed E-state index contributed by atoms with van der Waals surface area (Å²) in [6.07, 6.45) is 4.22. The van der Waals surface area contributed by atoms with Crippen LogP contribution in [0.2, 0.25) is 0 Å². The highest BCUT2D eigenvalue weighted by atomic mass is 16.2. The fraction of sp³-hybridized carbons (Fsp3) is 0.450. The van der Waals surface area contributed by atoms with Gasteiger partial charge in [0.15, 0.2) is 0 Å². The SMILES string of the molecule is CCC(C)Nc1cnc(C(=O)N2CCN(c3cccc(C)c3)CC2)cn1. The molecule has 1 aliphatic rings. The van der Waals surface area contributed by atoms with Crippen molar-refractivity contribution in [2.75, 3.05) is 36.4 Å². The summed E-state index contributed by atoms with van der Waals surface area (Å²) < 4.78 is 0. The van der Waals surface area contributed by atoms with Crippen LogP contribution in [0.3, 0.4) is 0 Å². The lowest BCUT2D eigenvalue weighted by atomic mass is 10.2. The zero-order valence-electron chi connectivity index (χ0n) is 15.8. The third-order valence-electron chi connectivity index (χ3n) is 4.81. The normalized spacial score (nSPS) is 15.7. The highest BCUT2D eigenvalue weighted by molar-refractivity contribution is 5.92. The number of amides is 1. The zero-order valence-corrected chi connectivity index (χ0v) is 15.8. The van der Waals surface area contributed by atoms with Crippen molar-refractivity contribution in [2.24, 2.45) is 0 Å². The molecule has 1 aliphatic heterocycles. The van der Waals surface area contributed by atoms with E-state index in [2.05, 4.69) is 65.2 Å².